The fourth-order valence-electron chi connectivity index (χ4n) is 1.67. The van der Waals surface area contributed by atoms with Gasteiger partial charge in [0.2, 0.25) is 0 Å². The number of rotatable bonds is 2. The van der Waals surface area contributed by atoms with E-state index in [1.807, 2.05) is 25.5 Å². The van der Waals surface area contributed by atoms with Gasteiger partial charge in [0.15, 0.2) is 9.84 Å². The Kier molecular flexibility index (Phi) is 3.15. The van der Waals surface area contributed by atoms with Gasteiger partial charge >= 0.3 is 0 Å². The predicted octanol–water partition coefficient (Wildman–Crippen LogP) is 2.31. The first kappa shape index (κ1) is 12.0. The lowest BCUT2D eigenvalue weighted by atomic mass is 9.98. The number of hydrogen-bond acceptors (Lipinski definition) is 3. The van der Waals surface area contributed by atoms with E-state index in [0.717, 1.165) is 16.8 Å². The summed E-state index contributed by atoms with van der Waals surface area (Å²) in [6.45, 7) is 1.92. The van der Waals surface area contributed by atoms with Crippen molar-refractivity contribution in [2.75, 3.05) is 6.26 Å². The smallest absolute Gasteiger partial charge is 0.175 e. The Bertz CT molecular complexity index is 580. The van der Waals surface area contributed by atoms with Crippen LogP contribution in [0.1, 0.15) is 17.7 Å². The zero-order valence-electron chi connectivity index (χ0n) is 9.84. The molecule has 1 heterocycles. The molecule has 0 unspecified atom stereocenters. The Morgan fingerprint density at radius 1 is 1.29 bits per heavy atom. The molecule has 0 N–H and O–H groups in total. The minimum atomic E-state index is -3.13. The molecule has 0 saturated carbocycles. The number of sulfone groups is 1. The van der Waals surface area contributed by atoms with Crippen LogP contribution in [0.4, 0.5) is 0 Å². The Hall–Kier alpha value is -1.42. The van der Waals surface area contributed by atoms with Gasteiger partial charge in [0.1, 0.15) is 0 Å². The van der Waals surface area contributed by atoms with E-state index >= 15 is 0 Å². The van der Waals surface area contributed by atoms with E-state index in [4.69, 9.17) is 0 Å². The van der Waals surface area contributed by atoms with Gasteiger partial charge < -0.3 is 0 Å². The van der Waals surface area contributed by atoms with Crippen LogP contribution in [-0.2, 0) is 9.84 Å². The molecule has 1 radical (unpaired) electrons. The molecule has 0 aliphatic heterocycles. The quantitative estimate of drug-likeness (QED) is 0.807. The molecule has 89 valence electrons. The Balaban J connectivity index is 2.38. The maximum absolute atomic E-state index is 11.5. The van der Waals surface area contributed by atoms with Gasteiger partial charge in [0.05, 0.1) is 4.91 Å². The second kappa shape index (κ2) is 4.45. The Morgan fingerprint density at radius 3 is 2.65 bits per heavy atom. The number of aromatic nitrogens is 1. The number of aryl methyl sites for hydroxylation is 1. The van der Waals surface area contributed by atoms with Gasteiger partial charge in [0.25, 0.3) is 0 Å². The molecule has 0 aromatic carbocycles. The van der Waals surface area contributed by atoms with E-state index < -0.39 is 9.84 Å². The zero-order chi connectivity index (χ0) is 12.5. The third-order valence-corrected chi connectivity index (χ3v) is 3.77. The summed E-state index contributed by atoms with van der Waals surface area (Å²) in [6, 6.07) is 3.87. The fraction of sp³-hybridized carbons (Fsp3) is 0.231. The third-order valence-electron chi connectivity index (χ3n) is 2.63. The van der Waals surface area contributed by atoms with Crippen molar-refractivity contribution in [3.8, 4) is 0 Å². The van der Waals surface area contributed by atoms with Crippen LogP contribution < -0.4 is 0 Å². The molecule has 3 nitrogen and oxygen atoms in total. The van der Waals surface area contributed by atoms with Gasteiger partial charge in [0, 0.05) is 18.1 Å². The topological polar surface area (TPSA) is 47.0 Å². The number of allylic oxidation sites excluding steroid dienone is 3. The van der Waals surface area contributed by atoms with E-state index in [1.165, 1.54) is 6.26 Å². The summed E-state index contributed by atoms with van der Waals surface area (Å²) in [5.74, 6) is 0. The normalized spacial score (nSPS) is 16.4. The summed E-state index contributed by atoms with van der Waals surface area (Å²) in [5, 5.41) is 0. The second-order valence-corrected chi connectivity index (χ2v) is 6.12. The minimum Gasteiger partial charge on any atom is -0.261 e. The van der Waals surface area contributed by atoms with Crippen LogP contribution in [0.2, 0.25) is 0 Å². The highest BCUT2D eigenvalue weighted by Crippen LogP contribution is 2.27. The van der Waals surface area contributed by atoms with Crippen LogP contribution in [0.25, 0.3) is 5.57 Å². The molecule has 0 saturated heterocycles. The Labute approximate surface area is 102 Å². The first-order chi connectivity index (χ1) is 7.97. The summed E-state index contributed by atoms with van der Waals surface area (Å²) in [7, 11) is -3.13. The maximum atomic E-state index is 11.5. The van der Waals surface area contributed by atoms with Crippen molar-refractivity contribution in [3.05, 3.63) is 53.1 Å². The monoisotopic (exact) mass is 248 g/mol. The van der Waals surface area contributed by atoms with Crippen molar-refractivity contribution in [1.29, 1.82) is 0 Å². The molecule has 1 aliphatic rings. The molecule has 0 spiro atoms. The fourth-order valence-corrected chi connectivity index (χ4v) is 2.41. The molecule has 0 atom stereocenters. The zero-order valence-corrected chi connectivity index (χ0v) is 10.7. The van der Waals surface area contributed by atoms with Crippen LogP contribution in [0.3, 0.4) is 0 Å². The molecule has 4 heteroatoms. The van der Waals surface area contributed by atoms with Crippen molar-refractivity contribution in [2.45, 2.75) is 13.3 Å². The lowest BCUT2D eigenvalue weighted by molar-refractivity contribution is 0.608. The summed E-state index contributed by atoms with van der Waals surface area (Å²) in [6.07, 6.45) is 9.06. The van der Waals surface area contributed by atoms with E-state index in [1.54, 1.807) is 18.3 Å². The van der Waals surface area contributed by atoms with Crippen LogP contribution >= 0.6 is 0 Å². The SMILES string of the molecule is Cc1ccc(C2=CC(S(C)(=O)=O)=CC[CH]2)cn1. The predicted molar refractivity (Wildman–Crippen MR) is 68.8 cm³/mol. The molecule has 2 rings (SSSR count). The lowest BCUT2D eigenvalue weighted by Crippen LogP contribution is -2.03. The molecular weight excluding hydrogens is 234 g/mol. The first-order valence-electron chi connectivity index (χ1n) is 5.35. The van der Waals surface area contributed by atoms with Crippen LogP contribution in [0.5, 0.6) is 0 Å². The third kappa shape index (κ3) is 2.82. The summed E-state index contributed by atoms with van der Waals surface area (Å²) >= 11 is 0. The molecule has 0 bridgehead atoms. The standard InChI is InChI=1S/C13H14NO2S/c1-10-6-7-12(9-14-10)11-4-3-5-13(8-11)17(2,15)16/h4-9H,3H2,1-2H3. The van der Waals surface area contributed by atoms with E-state index in [-0.39, 0.29) is 0 Å². The van der Waals surface area contributed by atoms with Gasteiger partial charge in [-0.3, -0.25) is 4.98 Å². The molecular formula is C13H14NO2S. The van der Waals surface area contributed by atoms with Gasteiger partial charge in [-0.15, -0.1) is 0 Å². The number of hydrogen-bond donors (Lipinski definition) is 0. The average molecular weight is 248 g/mol. The summed E-state index contributed by atoms with van der Waals surface area (Å²) in [4.78, 5) is 4.60. The van der Waals surface area contributed by atoms with Crippen molar-refractivity contribution < 1.29 is 8.42 Å². The number of nitrogens with zero attached hydrogens (tertiary/aromatic N) is 1. The van der Waals surface area contributed by atoms with Crippen molar-refractivity contribution in [1.82, 2.24) is 4.98 Å². The van der Waals surface area contributed by atoms with Gasteiger partial charge in [-0.25, -0.2) is 8.42 Å². The molecule has 1 aliphatic carbocycles. The minimum absolute atomic E-state index is 0.385. The van der Waals surface area contributed by atoms with E-state index in [9.17, 15) is 8.42 Å². The van der Waals surface area contributed by atoms with Crippen molar-refractivity contribution >= 4 is 15.4 Å². The van der Waals surface area contributed by atoms with Crippen LogP contribution in [-0.4, -0.2) is 19.7 Å². The highest BCUT2D eigenvalue weighted by molar-refractivity contribution is 7.94. The number of pyridine rings is 1. The largest absolute Gasteiger partial charge is 0.261 e. The molecule has 1 aromatic heterocycles. The molecule has 0 fully saturated rings. The molecule has 0 amide bonds. The van der Waals surface area contributed by atoms with Gasteiger partial charge in [-0.05, 0) is 43.0 Å². The first-order valence-corrected chi connectivity index (χ1v) is 7.24. The highest BCUT2D eigenvalue weighted by Gasteiger charge is 2.14. The van der Waals surface area contributed by atoms with Crippen molar-refractivity contribution in [2.24, 2.45) is 0 Å². The second-order valence-electron chi connectivity index (χ2n) is 4.11. The average Bonchev–Trinajstić information content (AvgIpc) is 2.29. The summed E-state index contributed by atoms with van der Waals surface area (Å²) in [5.41, 5.74) is 2.81. The van der Waals surface area contributed by atoms with Crippen molar-refractivity contribution in [3.63, 3.8) is 0 Å². The molecule has 17 heavy (non-hydrogen) atoms. The van der Waals surface area contributed by atoms with Gasteiger partial charge in [-0.2, -0.15) is 0 Å². The van der Waals surface area contributed by atoms with Gasteiger partial charge in [-0.1, -0.05) is 12.1 Å². The maximum Gasteiger partial charge on any atom is 0.175 e. The highest BCUT2D eigenvalue weighted by atomic mass is 32.2. The molecule has 1 aromatic rings. The van der Waals surface area contributed by atoms with Crippen LogP contribution in [0, 0.1) is 13.3 Å². The van der Waals surface area contributed by atoms with E-state index in [2.05, 4.69) is 4.98 Å². The van der Waals surface area contributed by atoms with Crippen LogP contribution in [0.15, 0.2) is 35.4 Å². The Morgan fingerprint density at radius 2 is 2.06 bits per heavy atom. The van der Waals surface area contributed by atoms with E-state index in [0.29, 0.717) is 11.3 Å². The summed E-state index contributed by atoms with van der Waals surface area (Å²) < 4.78 is 22.9. The lowest BCUT2D eigenvalue weighted by Gasteiger charge is -2.12.